The second-order valence-electron chi connectivity index (χ2n) is 3.04. The summed E-state index contributed by atoms with van der Waals surface area (Å²) in [6.45, 7) is 1.40. The highest BCUT2D eigenvalue weighted by Gasteiger charge is 2.17. The fourth-order valence-electron chi connectivity index (χ4n) is 0.965. The van der Waals surface area contributed by atoms with E-state index >= 15 is 0 Å². The van der Waals surface area contributed by atoms with Gasteiger partial charge in [0.15, 0.2) is 6.10 Å². The van der Waals surface area contributed by atoms with Gasteiger partial charge < -0.3 is 16.2 Å². The molecule has 80 valence electrons. The third-order valence-corrected chi connectivity index (χ3v) is 1.87. The van der Waals surface area contributed by atoms with Crippen LogP contribution in [0.1, 0.15) is 17.3 Å². The quantitative estimate of drug-likeness (QED) is 0.551. The Morgan fingerprint density at radius 3 is 2.47 bits per heavy atom. The first-order chi connectivity index (χ1) is 7.02. The van der Waals surface area contributed by atoms with Crippen molar-refractivity contribution in [3.05, 3.63) is 29.8 Å². The van der Waals surface area contributed by atoms with Crippen LogP contribution in [0, 0.1) is 0 Å². The van der Waals surface area contributed by atoms with E-state index in [2.05, 4.69) is 0 Å². The highest BCUT2D eigenvalue weighted by atomic mass is 16.5. The van der Waals surface area contributed by atoms with E-state index in [9.17, 15) is 9.59 Å². The minimum atomic E-state index is -0.961. The smallest absolute Gasteiger partial charge is 0.341 e. The van der Waals surface area contributed by atoms with Crippen LogP contribution < -0.4 is 11.5 Å². The van der Waals surface area contributed by atoms with Gasteiger partial charge in [0.25, 0.3) is 5.91 Å². The molecule has 0 spiro atoms. The summed E-state index contributed by atoms with van der Waals surface area (Å²) < 4.78 is 4.79. The Labute approximate surface area is 87.0 Å². The Bertz CT molecular complexity index is 390. The number of hydrogen-bond donors (Lipinski definition) is 2. The van der Waals surface area contributed by atoms with Crippen LogP contribution in [0.5, 0.6) is 0 Å². The van der Waals surface area contributed by atoms with Gasteiger partial charge in [0, 0.05) is 5.69 Å². The van der Waals surface area contributed by atoms with Crippen LogP contribution in [0.25, 0.3) is 0 Å². The number of nitrogens with two attached hydrogens (primary N) is 2. The number of nitrogen functional groups attached to an aromatic ring is 1. The molecular weight excluding hydrogens is 196 g/mol. The second-order valence-corrected chi connectivity index (χ2v) is 3.04. The zero-order valence-corrected chi connectivity index (χ0v) is 8.27. The van der Waals surface area contributed by atoms with Gasteiger partial charge in [-0.3, -0.25) is 4.79 Å². The first kappa shape index (κ1) is 11.0. The molecule has 5 nitrogen and oxygen atoms in total. The molecule has 0 saturated heterocycles. The summed E-state index contributed by atoms with van der Waals surface area (Å²) >= 11 is 0. The van der Waals surface area contributed by atoms with Crippen LogP contribution in [0.4, 0.5) is 5.69 Å². The van der Waals surface area contributed by atoms with Crippen molar-refractivity contribution < 1.29 is 14.3 Å². The summed E-state index contributed by atoms with van der Waals surface area (Å²) in [7, 11) is 0. The van der Waals surface area contributed by atoms with E-state index in [4.69, 9.17) is 16.2 Å². The number of carbonyl (C=O) groups excluding carboxylic acids is 2. The Kier molecular flexibility index (Phi) is 3.28. The minimum absolute atomic E-state index is 0.227. The molecule has 1 amide bonds. The summed E-state index contributed by atoms with van der Waals surface area (Å²) in [6.07, 6.45) is -0.961. The number of anilines is 1. The van der Waals surface area contributed by atoms with Crippen molar-refractivity contribution in [1.82, 2.24) is 0 Å². The van der Waals surface area contributed by atoms with Gasteiger partial charge in [-0.1, -0.05) is 12.1 Å². The molecular formula is C10H12N2O3. The van der Waals surface area contributed by atoms with Gasteiger partial charge in [-0.05, 0) is 19.1 Å². The van der Waals surface area contributed by atoms with Gasteiger partial charge in [0.05, 0.1) is 5.56 Å². The lowest BCUT2D eigenvalue weighted by Crippen LogP contribution is -2.30. The minimum Gasteiger partial charge on any atom is -0.449 e. The number of esters is 1. The van der Waals surface area contributed by atoms with Crippen LogP contribution in [0.2, 0.25) is 0 Å². The van der Waals surface area contributed by atoms with E-state index in [-0.39, 0.29) is 5.56 Å². The second kappa shape index (κ2) is 4.45. The molecule has 1 aromatic rings. The lowest BCUT2D eigenvalue weighted by Gasteiger charge is -2.10. The first-order valence-corrected chi connectivity index (χ1v) is 4.37. The summed E-state index contributed by atoms with van der Waals surface area (Å²) in [5.41, 5.74) is 11.0. The average molecular weight is 208 g/mol. The third kappa shape index (κ3) is 2.70. The summed E-state index contributed by atoms with van der Waals surface area (Å²) in [5, 5.41) is 0. The maximum Gasteiger partial charge on any atom is 0.341 e. The Morgan fingerprint density at radius 2 is 1.93 bits per heavy atom. The number of para-hydroxylation sites is 1. The number of amides is 1. The van der Waals surface area contributed by atoms with Gasteiger partial charge in [0.1, 0.15) is 0 Å². The summed E-state index contributed by atoms with van der Waals surface area (Å²) in [6, 6.07) is 6.45. The molecule has 5 heteroatoms. The summed E-state index contributed by atoms with van der Waals surface area (Å²) in [5.74, 6) is -1.35. The van der Waals surface area contributed by atoms with Gasteiger partial charge in [-0.2, -0.15) is 0 Å². The Balaban J connectivity index is 2.78. The number of benzene rings is 1. The molecule has 0 saturated carbocycles. The number of primary amides is 1. The molecule has 0 aliphatic heterocycles. The molecule has 0 aliphatic rings. The van der Waals surface area contributed by atoms with E-state index < -0.39 is 18.0 Å². The molecule has 0 fully saturated rings. The summed E-state index contributed by atoms with van der Waals surface area (Å²) in [4.78, 5) is 22.1. The Morgan fingerprint density at radius 1 is 1.33 bits per heavy atom. The molecule has 1 atom stereocenters. The fourth-order valence-corrected chi connectivity index (χ4v) is 0.965. The lowest BCUT2D eigenvalue weighted by atomic mass is 10.2. The first-order valence-electron chi connectivity index (χ1n) is 4.37. The molecule has 1 unspecified atom stereocenters. The maximum atomic E-state index is 11.5. The molecule has 1 rings (SSSR count). The number of carbonyl (C=O) groups is 2. The van der Waals surface area contributed by atoms with Crippen molar-refractivity contribution in [2.45, 2.75) is 13.0 Å². The molecule has 0 aliphatic carbocycles. The van der Waals surface area contributed by atoms with Gasteiger partial charge in [-0.15, -0.1) is 0 Å². The predicted octanol–water partition coefficient (Wildman–Crippen LogP) is 0.299. The number of ether oxygens (including phenoxy) is 1. The molecule has 0 bridgehead atoms. The highest BCUT2D eigenvalue weighted by molar-refractivity contribution is 5.96. The van der Waals surface area contributed by atoms with Crippen LogP contribution in [0.15, 0.2) is 24.3 Å². The normalized spacial score (nSPS) is 11.8. The molecule has 0 heterocycles. The van der Waals surface area contributed by atoms with Crippen molar-refractivity contribution in [1.29, 1.82) is 0 Å². The van der Waals surface area contributed by atoms with Crippen molar-refractivity contribution in [3.8, 4) is 0 Å². The molecule has 15 heavy (non-hydrogen) atoms. The maximum absolute atomic E-state index is 11.5. The molecule has 0 radical (unpaired) electrons. The van der Waals surface area contributed by atoms with Crippen molar-refractivity contribution in [2.75, 3.05) is 5.73 Å². The largest absolute Gasteiger partial charge is 0.449 e. The van der Waals surface area contributed by atoms with E-state index in [0.717, 1.165) is 0 Å². The zero-order chi connectivity index (χ0) is 11.4. The topological polar surface area (TPSA) is 95.4 Å². The van der Waals surface area contributed by atoms with Gasteiger partial charge in [0.2, 0.25) is 0 Å². The van der Waals surface area contributed by atoms with Crippen LogP contribution in [-0.2, 0) is 9.53 Å². The predicted molar refractivity (Wildman–Crippen MR) is 54.9 cm³/mol. The average Bonchev–Trinajstić information content (AvgIpc) is 2.18. The SMILES string of the molecule is CC(OC(=O)c1ccccc1N)C(N)=O. The Hall–Kier alpha value is -2.04. The molecule has 0 aromatic heterocycles. The molecule has 1 aromatic carbocycles. The van der Waals surface area contributed by atoms with Gasteiger partial charge in [-0.25, -0.2) is 4.79 Å². The van der Waals surface area contributed by atoms with Crippen LogP contribution in [-0.4, -0.2) is 18.0 Å². The van der Waals surface area contributed by atoms with Gasteiger partial charge >= 0.3 is 5.97 Å². The van der Waals surface area contributed by atoms with E-state index in [1.807, 2.05) is 0 Å². The monoisotopic (exact) mass is 208 g/mol. The van der Waals surface area contributed by atoms with Crippen molar-refractivity contribution in [2.24, 2.45) is 5.73 Å². The van der Waals surface area contributed by atoms with Crippen LogP contribution in [0.3, 0.4) is 0 Å². The third-order valence-electron chi connectivity index (χ3n) is 1.87. The van der Waals surface area contributed by atoms with E-state index in [1.165, 1.54) is 13.0 Å². The highest BCUT2D eigenvalue weighted by Crippen LogP contribution is 2.12. The van der Waals surface area contributed by atoms with Crippen molar-refractivity contribution in [3.63, 3.8) is 0 Å². The fraction of sp³-hybridized carbons (Fsp3) is 0.200. The van der Waals surface area contributed by atoms with E-state index in [1.54, 1.807) is 18.2 Å². The number of hydrogen-bond acceptors (Lipinski definition) is 4. The standard InChI is InChI=1S/C10H12N2O3/c1-6(9(12)13)15-10(14)7-4-2-3-5-8(7)11/h2-6H,11H2,1H3,(H2,12,13). The zero-order valence-electron chi connectivity index (χ0n) is 8.27. The molecule has 4 N–H and O–H groups in total. The van der Waals surface area contributed by atoms with Crippen molar-refractivity contribution >= 4 is 17.6 Å². The van der Waals surface area contributed by atoms with Crippen LogP contribution >= 0.6 is 0 Å². The number of rotatable bonds is 3. The van der Waals surface area contributed by atoms with E-state index in [0.29, 0.717) is 5.69 Å². The lowest BCUT2D eigenvalue weighted by molar-refractivity contribution is -0.125.